The van der Waals surface area contributed by atoms with Gasteiger partial charge < -0.3 is 20.3 Å². The molecule has 1 aliphatic rings. The molecule has 160 valence electrons. The predicted molar refractivity (Wildman–Crippen MR) is 124 cm³/mol. The van der Waals surface area contributed by atoms with Gasteiger partial charge in [0.25, 0.3) is 0 Å². The molecular formula is C25H28N4O2. The van der Waals surface area contributed by atoms with Crippen LogP contribution >= 0.6 is 0 Å². The number of esters is 1. The molecule has 0 spiro atoms. The first-order chi connectivity index (χ1) is 15.1. The highest BCUT2D eigenvalue weighted by Crippen LogP contribution is 2.31. The van der Waals surface area contributed by atoms with Crippen LogP contribution in [0, 0.1) is 6.92 Å². The van der Waals surface area contributed by atoms with Crippen molar-refractivity contribution in [1.29, 1.82) is 0 Å². The van der Waals surface area contributed by atoms with Gasteiger partial charge in [0.05, 0.1) is 24.6 Å². The van der Waals surface area contributed by atoms with Crippen LogP contribution in [-0.2, 0) is 11.2 Å². The zero-order chi connectivity index (χ0) is 21.8. The van der Waals surface area contributed by atoms with Crippen LogP contribution in [0.3, 0.4) is 0 Å². The van der Waals surface area contributed by atoms with Crippen molar-refractivity contribution in [2.75, 3.05) is 37.5 Å². The van der Waals surface area contributed by atoms with Gasteiger partial charge in [-0.15, -0.1) is 0 Å². The lowest BCUT2D eigenvalue weighted by Crippen LogP contribution is -2.34. The van der Waals surface area contributed by atoms with Crippen molar-refractivity contribution in [2.24, 2.45) is 0 Å². The Hall–Kier alpha value is -3.38. The number of benzene rings is 2. The van der Waals surface area contributed by atoms with Gasteiger partial charge in [0.2, 0.25) is 0 Å². The molecule has 2 heterocycles. The van der Waals surface area contributed by atoms with Crippen LogP contribution in [0.1, 0.15) is 33.1 Å². The van der Waals surface area contributed by atoms with Gasteiger partial charge in [-0.2, -0.15) is 0 Å². The second-order valence-electron chi connectivity index (χ2n) is 7.83. The van der Waals surface area contributed by atoms with Crippen molar-refractivity contribution in [1.82, 2.24) is 10.3 Å². The molecule has 0 bridgehead atoms. The van der Waals surface area contributed by atoms with Crippen molar-refractivity contribution in [3.8, 4) is 0 Å². The third-order valence-electron chi connectivity index (χ3n) is 5.82. The number of methoxy groups -OCH3 is 1. The van der Waals surface area contributed by atoms with E-state index >= 15 is 0 Å². The van der Waals surface area contributed by atoms with Gasteiger partial charge in [-0.05, 0) is 61.3 Å². The number of nitrogens with one attached hydrogen (secondary N) is 2. The van der Waals surface area contributed by atoms with Crippen LogP contribution in [0.2, 0.25) is 0 Å². The second kappa shape index (κ2) is 9.18. The summed E-state index contributed by atoms with van der Waals surface area (Å²) in [5, 5.41) is 6.95. The Bertz CT molecular complexity index is 1070. The average Bonchev–Trinajstić information content (AvgIpc) is 2.82. The number of hydrogen-bond donors (Lipinski definition) is 2. The van der Waals surface area contributed by atoms with Gasteiger partial charge in [0, 0.05) is 37.2 Å². The minimum absolute atomic E-state index is 0.146. The third kappa shape index (κ3) is 4.54. The molecule has 31 heavy (non-hydrogen) atoms. The number of aromatic nitrogens is 1. The Labute approximate surface area is 183 Å². The van der Waals surface area contributed by atoms with Gasteiger partial charge >= 0.3 is 5.97 Å². The SMILES string of the molecule is COC(=O)c1ccncc1NC[C@@H]1NCCc2cc(N(C)c3ccc(C)cc3)ccc21. The van der Waals surface area contributed by atoms with Crippen LogP contribution in [0.25, 0.3) is 0 Å². The number of rotatable bonds is 6. The summed E-state index contributed by atoms with van der Waals surface area (Å²) in [6.45, 7) is 3.66. The Kier molecular flexibility index (Phi) is 6.18. The fourth-order valence-electron chi connectivity index (χ4n) is 3.98. The lowest BCUT2D eigenvalue weighted by Gasteiger charge is -2.29. The van der Waals surface area contributed by atoms with Crippen LogP contribution in [0.15, 0.2) is 60.9 Å². The van der Waals surface area contributed by atoms with E-state index in [0.717, 1.165) is 13.0 Å². The van der Waals surface area contributed by atoms with E-state index in [9.17, 15) is 4.79 Å². The standard InChI is InChI=1S/C25H28N4O2/c1-17-4-6-19(7-5-17)29(2)20-8-9-21-18(14-20)10-13-27-24(21)16-28-23-15-26-12-11-22(23)25(30)31-3/h4-9,11-12,14-15,24,27-28H,10,13,16H2,1-3H3/t24-/m0/s1. The van der Waals surface area contributed by atoms with Crippen LogP contribution in [0.5, 0.6) is 0 Å². The highest BCUT2D eigenvalue weighted by atomic mass is 16.5. The molecule has 0 radical (unpaired) electrons. The summed E-state index contributed by atoms with van der Waals surface area (Å²) < 4.78 is 4.88. The highest BCUT2D eigenvalue weighted by molar-refractivity contribution is 5.95. The number of nitrogens with zero attached hydrogens (tertiary/aromatic N) is 2. The Balaban J connectivity index is 1.51. The summed E-state index contributed by atoms with van der Waals surface area (Å²) >= 11 is 0. The zero-order valence-electron chi connectivity index (χ0n) is 18.2. The first-order valence-electron chi connectivity index (χ1n) is 10.5. The fraction of sp³-hybridized carbons (Fsp3) is 0.280. The van der Waals surface area contributed by atoms with E-state index in [2.05, 4.69) is 77.0 Å². The molecular weight excluding hydrogens is 388 g/mol. The normalized spacial score (nSPS) is 15.1. The number of pyridine rings is 1. The summed E-state index contributed by atoms with van der Waals surface area (Å²) in [5.41, 5.74) is 7.40. The fourth-order valence-corrected chi connectivity index (χ4v) is 3.98. The lowest BCUT2D eigenvalue weighted by atomic mass is 9.93. The van der Waals surface area contributed by atoms with Crippen LogP contribution in [0.4, 0.5) is 17.1 Å². The molecule has 1 atom stereocenters. The maximum atomic E-state index is 12.0. The summed E-state index contributed by atoms with van der Waals surface area (Å²) in [5.74, 6) is -0.370. The predicted octanol–water partition coefficient (Wildman–Crippen LogP) is 4.24. The average molecular weight is 417 g/mol. The lowest BCUT2D eigenvalue weighted by molar-refractivity contribution is 0.0601. The van der Waals surface area contributed by atoms with E-state index in [-0.39, 0.29) is 12.0 Å². The Morgan fingerprint density at radius 1 is 1.19 bits per heavy atom. The molecule has 0 amide bonds. The summed E-state index contributed by atoms with van der Waals surface area (Å²) in [6, 6.07) is 17.0. The van der Waals surface area contributed by atoms with Crippen LogP contribution < -0.4 is 15.5 Å². The molecule has 2 aromatic carbocycles. The summed E-state index contributed by atoms with van der Waals surface area (Å²) in [4.78, 5) is 18.4. The van der Waals surface area contributed by atoms with E-state index in [1.807, 2.05) is 0 Å². The molecule has 6 heteroatoms. The minimum Gasteiger partial charge on any atom is -0.465 e. The van der Waals surface area contributed by atoms with Crippen molar-refractivity contribution >= 4 is 23.0 Å². The summed E-state index contributed by atoms with van der Waals surface area (Å²) in [7, 11) is 3.49. The highest BCUT2D eigenvalue weighted by Gasteiger charge is 2.21. The first-order valence-corrected chi connectivity index (χ1v) is 10.5. The smallest absolute Gasteiger partial charge is 0.340 e. The van der Waals surface area contributed by atoms with Gasteiger partial charge in [0.1, 0.15) is 0 Å². The minimum atomic E-state index is -0.370. The molecule has 0 saturated carbocycles. The van der Waals surface area contributed by atoms with Crippen molar-refractivity contribution in [3.05, 3.63) is 83.2 Å². The number of fused-ring (bicyclic) bond motifs is 1. The summed E-state index contributed by atoms with van der Waals surface area (Å²) in [6.07, 6.45) is 4.25. The maximum Gasteiger partial charge on any atom is 0.340 e. The zero-order valence-corrected chi connectivity index (χ0v) is 18.2. The van der Waals surface area contributed by atoms with E-state index < -0.39 is 0 Å². The molecule has 0 fully saturated rings. The monoisotopic (exact) mass is 416 g/mol. The first kappa shape index (κ1) is 20.9. The molecule has 1 aromatic heterocycles. The molecule has 3 aromatic rings. The molecule has 6 nitrogen and oxygen atoms in total. The maximum absolute atomic E-state index is 12.0. The number of anilines is 3. The van der Waals surface area contributed by atoms with Gasteiger partial charge in [0.15, 0.2) is 0 Å². The molecule has 4 rings (SSSR count). The topological polar surface area (TPSA) is 66.5 Å². The molecule has 1 aliphatic heterocycles. The van der Waals surface area contributed by atoms with Crippen molar-refractivity contribution < 1.29 is 9.53 Å². The van der Waals surface area contributed by atoms with Gasteiger partial charge in [-0.3, -0.25) is 4.98 Å². The Morgan fingerprint density at radius 3 is 2.74 bits per heavy atom. The van der Waals surface area contributed by atoms with E-state index in [4.69, 9.17) is 4.74 Å². The second-order valence-corrected chi connectivity index (χ2v) is 7.83. The number of hydrogen-bond acceptors (Lipinski definition) is 6. The Morgan fingerprint density at radius 2 is 1.97 bits per heavy atom. The largest absolute Gasteiger partial charge is 0.465 e. The molecule has 0 aliphatic carbocycles. The van der Waals surface area contributed by atoms with Gasteiger partial charge in [-0.1, -0.05) is 23.8 Å². The molecule has 0 unspecified atom stereocenters. The molecule has 2 N–H and O–H groups in total. The van der Waals surface area contributed by atoms with Crippen molar-refractivity contribution in [3.63, 3.8) is 0 Å². The third-order valence-corrected chi connectivity index (χ3v) is 5.82. The van der Waals surface area contributed by atoms with E-state index in [1.165, 1.54) is 35.2 Å². The number of carbonyl (C=O) groups excluding carboxylic acids is 1. The number of carbonyl (C=O) groups is 1. The van der Waals surface area contributed by atoms with Gasteiger partial charge in [-0.25, -0.2) is 4.79 Å². The quantitative estimate of drug-likeness (QED) is 0.586. The van der Waals surface area contributed by atoms with E-state index in [1.54, 1.807) is 18.5 Å². The molecule has 0 saturated heterocycles. The number of aryl methyl sites for hydroxylation is 1. The van der Waals surface area contributed by atoms with Crippen molar-refractivity contribution in [2.45, 2.75) is 19.4 Å². The number of ether oxygens (including phenoxy) is 1. The van der Waals surface area contributed by atoms with Crippen LogP contribution in [-0.4, -0.2) is 38.2 Å². The van der Waals surface area contributed by atoms with E-state index in [0.29, 0.717) is 17.8 Å².